The summed E-state index contributed by atoms with van der Waals surface area (Å²) in [5.74, 6) is 0.938. The molecule has 1 amide bonds. The van der Waals surface area contributed by atoms with Gasteiger partial charge in [-0.25, -0.2) is 0 Å². The van der Waals surface area contributed by atoms with Crippen molar-refractivity contribution in [3.05, 3.63) is 65.7 Å². The number of nitrogens with one attached hydrogen (secondary N) is 1. The van der Waals surface area contributed by atoms with E-state index in [4.69, 9.17) is 4.74 Å². The first-order valence-electron chi connectivity index (χ1n) is 8.95. The van der Waals surface area contributed by atoms with Crippen LogP contribution in [0.15, 0.2) is 54.6 Å². The van der Waals surface area contributed by atoms with Crippen LogP contribution >= 0.6 is 0 Å². The maximum Gasteiger partial charge on any atom is 0.237 e. The fourth-order valence-electron chi connectivity index (χ4n) is 3.38. The Labute approximate surface area is 149 Å². The van der Waals surface area contributed by atoms with Crippen molar-refractivity contribution in [2.75, 3.05) is 13.7 Å². The number of nitrogens with zero attached hydrogens (tertiary/aromatic N) is 1. The molecule has 1 heterocycles. The van der Waals surface area contributed by atoms with Crippen molar-refractivity contribution < 1.29 is 9.53 Å². The summed E-state index contributed by atoms with van der Waals surface area (Å²) in [4.78, 5) is 15.0. The van der Waals surface area contributed by atoms with Gasteiger partial charge in [0.25, 0.3) is 0 Å². The molecule has 1 unspecified atom stereocenters. The van der Waals surface area contributed by atoms with E-state index in [1.807, 2.05) is 30.3 Å². The van der Waals surface area contributed by atoms with Crippen molar-refractivity contribution >= 4 is 5.91 Å². The molecule has 1 N–H and O–H groups in total. The lowest BCUT2D eigenvalue weighted by Gasteiger charge is -2.34. The molecule has 0 aromatic heterocycles. The van der Waals surface area contributed by atoms with Gasteiger partial charge in [0, 0.05) is 13.1 Å². The number of ether oxygens (including phenoxy) is 1. The molecule has 0 radical (unpaired) electrons. The van der Waals surface area contributed by atoms with E-state index in [2.05, 4.69) is 34.5 Å². The Hall–Kier alpha value is -2.33. The van der Waals surface area contributed by atoms with Crippen molar-refractivity contribution in [3.63, 3.8) is 0 Å². The Morgan fingerprint density at radius 2 is 1.92 bits per heavy atom. The first-order chi connectivity index (χ1) is 12.3. The Balaban J connectivity index is 1.60. The standard InChI is InChI=1S/C21H26N2O2/c1-25-19-11-7-10-18(14-19)15-22-21(24)20-12-5-6-13-23(20)16-17-8-3-2-4-9-17/h2-4,7-11,14,20H,5-6,12-13,15-16H2,1H3,(H,22,24). The third-order valence-corrected chi connectivity index (χ3v) is 4.75. The maximum atomic E-state index is 12.7. The fourth-order valence-corrected chi connectivity index (χ4v) is 3.38. The van der Waals surface area contributed by atoms with E-state index in [-0.39, 0.29) is 11.9 Å². The molecule has 1 fully saturated rings. The number of carbonyl (C=O) groups excluding carboxylic acids is 1. The van der Waals surface area contributed by atoms with Crippen LogP contribution in [0.5, 0.6) is 5.75 Å². The molecule has 2 aromatic carbocycles. The smallest absolute Gasteiger partial charge is 0.237 e. The van der Waals surface area contributed by atoms with Crippen LogP contribution in [0.3, 0.4) is 0 Å². The molecule has 4 nitrogen and oxygen atoms in total. The van der Waals surface area contributed by atoms with Gasteiger partial charge >= 0.3 is 0 Å². The monoisotopic (exact) mass is 338 g/mol. The molecule has 1 saturated heterocycles. The lowest BCUT2D eigenvalue weighted by Crippen LogP contribution is -2.48. The van der Waals surface area contributed by atoms with Crippen molar-refractivity contribution in [2.24, 2.45) is 0 Å². The topological polar surface area (TPSA) is 41.6 Å². The van der Waals surface area contributed by atoms with Gasteiger partial charge < -0.3 is 10.1 Å². The molecule has 1 aliphatic heterocycles. The van der Waals surface area contributed by atoms with Crippen LogP contribution in [-0.4, -0.2) is 30.5 Å². The van der Waals surface area contributed by atoms with Crippen LogP contribution in [0.2, 0.25) is 0 Å². The Kier molecular flexibility index (Phi) is 6.07. The predicted octanol–water partition coefficient (Wildman–Crippen LogP) is 3.37. The van der Waals surface area contributed by atoms with E-state index in [1.165, 1.54) is 5.56 Å². The average molecular weight is 338 g/mol. The third kappa shape index (κ3) is 4.83. The van der Waals surface area contributed by atoms with E-state index in [1.54, 1.807) is 7.11 Å². The summed E-state index contributed by atoms with van der Waals surface area (Å²) in [6.07, 6.45) is 3.20. The fraction of sp³-hybridized carbons (Fsp3) is 0.381. The van der Waals surface area contributed by atoms with Gasteiger partial charge in [0.2, 0.25) is 5.91 Å². The second kappa shape index (κ2) is 8.67. The third-order valence-electron chi connectivity index (χ3n) is 4.75. The SMILES string of the molecule is COc1cccc(CNC(=O)C2CCCCN2Cc2ccccc2)c1. The van der Waals surface area contributed by atoms with Gasteiger partial charge in [0.1, 0.15) is 5.75 Å². The zero-order valence-corrected chi connectivity index (χ0v) is 14.8. The number of hydrogen-bond donors (Lipinski definition) is 1. The molecule has 1 atom stereocenters. The highest BCUT2D eigenvalue weighted by molar-refractivity contribution is 5.81. The van der Waals surface area contributed by atoms with Crippen molar-refractivity contribution in [1.29, 1.82) is 0 Å². The van der Waals surface area contributed by atoms with Gasteiger partial charge in [0.15, 0.2) is 0 Å². The van der Waals surface area contributed by atoms with E-state index in [0.717, 1.165) is 43.7 Å². The summed E-state index contributed by atoms with van der Waals surface area (Å²) in [5.41, 5.74) is 2.31. The number of rotatable bonds is 6. The van der Waals surface area contributed by atoms with Crippen LogP contribution in [0.25, 0.3) is 0 Å². The normalized spacial score (nSPS) is 17.9. The minimum atomic E-state index is -0.0421. The van der Waals surface area contributed by atoms with Crippen molar-refractivity contribution in [3.8, 4) is 5.75 Å². The van der Waals surface area contributed by atoms with Crippen molar-refractivity contribution in [2.45, 2.75) is 38.4 Å². The van der Waals surface area contributed by atoms with Gasteiger partial charge in [-0.3, -0.25) is 9.69 Å². The zero-order valence-electron chi connectivity index (χ0n) is 14.8. The van der Waals surface area contributed by atoms with Crippen LogP contribution in [0.4, 0.5) is 0 Å². The molecule has 0 saturated carbocycles. The van der Waals surface area contributed by atoms with E-state index in [9.17, 15) is 4.79 Å². The molecule has 132 valence electrons. The highest BCUT2D eigenvalue weighted by atomic mass is 16.5. The molecule has 4 heteroatoms. The Morgan fingerprint density at radius 3 is 2.72 bits per heavy atom. The van der Waals surface area contributed by atoms with E-state index in [0.29, 0.717) is 6.54 Å². The lowest BCUT2D eigenvalue weighted by atomic mass is 10.00. The minimum Gasteiger partial charge on any atom is -0.497 e. The average Bonchev–Trinajstić information content (AvgIpc) is 2.67. The molecule has 0 aliphatic carbocycles. The number of likely N-dealkylation sites (tertiary alicyclic amines) is 1. The van der Waals surface area contributed by atoms with Gasteiger partial charge in [-0.1, -0.05) is 48.9 Å². The van der Waals surface area contributed by atoms with Crippen LogP contribution in [-0.2, 0) is 17.9 Å². The molecular weight excluding hydrogens is 312 g/mol. The highest BCUT2D eigenvalue weighted by Crippen LogP contribution is 2.20. The summed E-state index contributed by atoms with van der Waals surface area (Å²) in [7, 11) is 1.65. The predicted molar refractivity (Wildman–Crippen MR) is 99.3 cm³/mol. The number of methoxy groups -OCH3 is 1. The molecular formula is C21H26N2O2. The zero-order chi connectivity index (χ0) is 17.5. The second-order valence-electron chi connectivity index (χ2n) is 6.54. The lowest BCUT2D eigenvalue weighted by molar-refractivity contribution is -0.128. The van der Waals surface area contributed by atoms with Gasteiger partial charge in [-0.05, 0) is 42.6 Å². The number of carbonyl (C=O) groups is 1. The first kappa shape index (κ1) is 17.5. The number of hydrogen-bond acceptors (Lipinski definition) is 3. The minimum absolute atomic E-state index is 0.0421. The van der Waals surface area contributed by atoms with Crippen molar-refractivity contribution in [1.82, 2.24) is 10.2 Å². The molecule has 2 aromatic rings. The summed E-state index contributed by atoms with van der Waals surface area (Å²) < 4.78 is 5.24. The quantitative estimate of drug-likeness (QED) is 0.878. The molecule has 25 heavy (non-hydrogen) atoms. The van der Waals surface area contributed by atoms with Crippen LogP contribution in [0.1, 0.15) is 30.4 Å². The molecule has 0 bridgehead atoms. The van der Waals surface area contributed by atoms with Crippen LogP contribution < -0.4 is 10.1 Å². The molecule has 3 rings (SSSR count). The summed E-state index contributed by atoms with van der Waals surface area (Å²) in [5, 5.41) is 3.10. The number of piperidine rings is 1. The summed E-state index contributed by atoms with van der Waals surface area (Å²) >= 11 is 0. The largest absolute Gasteiger partial charge is 0.497 e. The Morgan fingerprint density at radius 1 is 1.12 bits per heavy atom. The molecule has 0 spiro atoms. The van der Waals surface area contributed by atoms with Gasteiger partial charge in [-0.15, -0.1) is 0 Å². The second-order valence-corrected chi connectivity index (χ2v) is 6.54. The Bertz CT molecular complexity index is 687. The highest BCUT2D eigenvalue weighted by Gasteiger charge is 2.28. The first-order valence-corrected chi connectivity index (χ1v) is 8.95. The maximum absolute atomic E-state index is 12.7. The summed E-state index contributed by atoms with van der Waals surface area (Å²) in [6.45, 7) is 2.34. The van der Waals surface area contributed by atoms with Crippen LogP contribution in [0, 0.1) is 0 Å². The summed E-state index contributed by atoms with van der Waals surface area (Å²) in [6, 6.07) is 18.2. The number of amides is 1. The number of benzene rings is 2. The molecule has 1 aliphatic rings. The van der Waals surface area contributed by atoms with E-state index < -0.39 is 0 Å². The van der Waals surface area contributed by atoms with Gasteiger partial charge in [0.05, 0.1) is 13.2 Å². The van der Waals surface area contributed by atoms with E-state index >= 15 is 0 Å². The van der Waals surface area contributed by atoms with Gasteiger partial charge in [-0.2, -0.15) is 0 Å².